The minimum atomic E-state index is -0.771. The third-order valence-electron chi connectivity index (χ3n) is 5.45. The summed E-state index contributed by atoms with van der Waals surface area (Å²) in [6.07, 6.45) is 4.38. The summed E-state index contributed by atoms with van der Waals surface area (Å²) in [5.74, 6) is -0.329. The maximum absolute atomic E-state index is 12.5. The van der Waals surface area contributed by atoms with Crippen molar-refractivity contribution in [2.75, 3.05) is 6.61 Å². The molecule has 2 heterocycles. The van der Waals surface area contributed by atoms with Crippen LogP contribution in [0.3, 0.4) is 0 Å². The van der Waals surface area contributed by atoms with E-state index in [-0.39, 0.29) is 18.9 Å². The molecule has 9 heteroatoms. The lowest BCUT2D eigenvalue weighted by molar-refractivity contribution is -0.127. The molecular weight excluding hydrogens is 478 g/mol. The number of ether oxygens (including phenoxy) is 1. The van der Waals surface area contributed by atoms with Crippen molar-refractivity contribution in [3.05, 3.63) is 95.8 Å². The van der Waals surface area contributed by atoms with E-state index >= 15 is 0 Å². The third-order valence-corrected chi connectivity index (χ3v) is 5.68. The SMILES string of the molecule is NC(=O)[C@H](Cc1ccccc1)NC(=O)CCCOc1cc(-c2cccnc2)nn1-c1cccc(Cl)c1. The Kier molecular flexibility index (Phi) is 8.31. The molecule has 2 amide bonds. The summed E-state index contributed by atoms with van der Waals surface area (Å²) in [6, 6.07) is 21.5. The fourth-order valence-electron chi connectivity index (χ4n) is 3.66. The maximum Gasteiger partial charge on any atom is 0.240 e. The molecule has 3 N–H and O–H groups in total. The van der Waals surface area contributed by atoms with Crippen LogP contribution in [0.1, 0.15) is 18.4 Å². The van der Waals surface area contributed by atoms with E-state index in [9.17, 15) is 9.59 Å². The van der Waals surface area contributed by atoms with Crippen LogP contribution in [0.5, 0.6) is 5.88 Å². The molecular formula is C27H26ClN5O3. The van der Waals surface area contributed by atoms with Crippen LogP contribution in [0.25, 0.3) is 16.9 Å². The summed E-state index contributed by atoms with van der Waals surface area (Å²) < 4.78 is 7.66. The number of nitrogens with two attached hydrogens (primary N) is 1. The van der Waals surface area contributed by atoms with Gasteiger partial charge in [0.25, 0.3) is 0 Å². The van der Waals surface area contributed by atoms with Gasteiger partial charge in [-0.15, -0.1) is 0 Å². The van der Waals surface area contributed by atoms with Gasteiger partial charge in [-0.2, -0.15) is 5.10 Å². The largest absolute Gasteiger partial charge is 0.478 e. The number of carbonyl (C=O) groups excluding carboxylic acids is 2. The van der Waals surface area contributed by atoms with Crippen LogP contribution in [0.4, 0.5) is 0 Å². The molecule has 0 saturated carbocycles. The molecule has 0 radical (unpaired) electrons. The van der Waals surface area contributed by atoms with E-state index in [4.69, 9.17) is 22.1 Å². The Morgan fingerprint density at radius 3 is 2.61 bits per heavy atom. The minimum Gasteiger partial charge on any atom is -0.478 e. The van der Waals surface area contributed by atoms with Crippen molar-refractivity contribution in [3.63, 3.8) is 0 Å². The Morgan fingerprint density at radius 2 is 1.89 bits per heavy atom. The topological polar surface area (TPSA) is 112 Å². The van der Waals surface area contributed by atoms with Crippen LogP contribution in [0.2, 0.25) is 5.02 Å². The molecule has 8 nitrogen and oxygen atoms in total. The molecule has 0 aliphatic rings. The number of halogens is 1. The number of nitrogens with zero attached hydrogens (tertiary/aromatic N) is 3. The second-order valence-electron chi connectivity index (χ2n) is 8.17. The van der Waals surface area contributed by atoms with Crippen molar-refractivity contribution >= 4 is 23.4 Å². The van der Waals surface area contributed by atoms with Gasteiger partial charge in [0.05, 0.1) is 18.0 Å². The highest BCUT2D eigenvalue weighted by atomic mass is 35.5. The van der Waals surface area contributed by atoms with Crippen molar-refractivity contribution < 1.29 is 14.3 Å². The first-order chi connectivity index (χ1) is 17.5. The molecule has 0 unspecified atom stereocenters. The molecule has 4 rings (SSSR count). The molecule has 0 aliphatic carbocycles. The monoisotopic (exact) mass is 503 g/mol. The Bertz CT molecular complexity index is 1310. The normalized spacial score (nSPS) is 11.6. The van der Waals surface area contributed by atoms with Gasteiger partial charge in [0.15, 0.2) is 0 Å². The van der Waals surface area contributed by atoms with Crippen LogP contribution in [-0.2, 0) is 16.0 Å². The molecule has 184 valence electrons. The van der Waals surface area contributed by atoms with E-state index in [0.29, 0.717) is 29.4 Å². The highest BCUT2D eigenvalue weighted by Gasteiger charge is 2.19. The average molecular weight is 504 g/mol. The molecule has 0 bridgehead atoms. The molecule has 0 aliphatic heterocycles. The number of primary amides is 1. The van der Waals surface area contributed by atoms with Crippen molar-refractivity contribution in [1.29, 1.82) is 0 Å². The van der Waals surface area contributed by atoms with Crippen LogP contribution < -0.4 is 15.8 Å². The Morgan fingerprint density at radius 1 is 1.06 bits per heavy atom. The number of benzene rings is 2. The average Bonchev–Trinajstić information content (AvgIpc) is 3.32. The first kappa shape index (κ1) is 24.9. The molecule has 4 aromatic rings. The lowest BCUT2D eigenvalue weighted by Gasteiger charge is -2.15. The van der Waals surface area contributed by atoms with Gasteiger partial charge in [-0.25, -0.2) is 4.68 Å². The van der Waals surface area contributed by atoms with Crippen molar-refractivity contribution in [2.24, 2.45) is 5.73 Å². The number of hydrogen-bond donors (Lipinski definition) is 2. The predicted molar refractivity (Wildman–Crippen MR) is 138 cm³/mol. The van der Waals surface area contributed by atoms with E-state index in [1.54, 1.807) is 29.2 Å². The molecule has 0 saturated heterocycles. The summed E-state index contributed by atoms with van der Waals surface area (Å²) in [6.45, 7) is 0.270. The van der Waals surface area contributed by atoms with E-state index in [1.807, 2.05) is 60.7 Å². The van der Waals surface area contributed by atoms with Gasteiger partial charge in [-0.3, -0.25) is 14.6 Å². The first-order valence-electron chi connectivity index (χ1n) is 11.5. The van der Waals surface area contributed by atoms with Crippen LogP contribution >= 0.6 is 11.6 Å². The zero-order chi connectivity index (χ0) is 25.3. The van der Waals surface area contributed by atoms with Crippen molar-refractivity contribution in [1.82, 2.24) is 20.1 Å². The van der Waals surface area contributed by atoms with Gasteiger partial charge in [0.1, 0.15) is 6.04 Å². The second kappa shape index (κ2) is 12.0. The quantitative estimate of drug-likeness (QED) is 0.301. The fraction of sp³-hybridized carbons (Fsp3) is 0.185. The zero-order valence-electron chi connectivity index (χ0n) is 19.5. The lowest BCUT2D eigenvalue weighted by Crippen LogP contribution is -2.45. The number of rotatable bonds is 11. The van der Waals surface area contributed by atoms with E-state index in [0.717, 1.165) is 16.8 Å². The number of nitrogens with one attached hydrogen (secondary N) is 1. The summed E-state index contributed by atoms with van der Waals surface area (Å²) in [4.78, 5) is 28.4. The summed E-state index contributed by atoms with van der Waals surface area (Å²) >= 11 is 6.18. The van der Waals surface area contributed by atoms with Crippen LogP contribution in [0.15, 0.2) is 85.2 Å². The Hall–Kier alpha value is -4.17. The smallest absolute Gasteiger partial charge is 0.240 e. The number of pyridine rings is 1. The van der Waals surface area contributed by atoms with Crippen LogP contribution in [-0.4, -0.2) is 39.2 Å². The maximum atomic E-state index is 12.5. The predicted octanol–water partition coefficient (Wildman–Crippen LogP) is 3.96. The third kappa shape index (κ3) is 6.70. The minimum absolute atomic E-state index is 0.180. The number of carbonyl (C=O) groups is 2. The summed E-state index contributed by atoms with van der Waals surface area (Å²) in [5, 5.41) is 7.97. The summed E-state index contributed by atoms with van der Waals surface area (Å²) in [7, 11) is 0. The van der Waals surface area contributed by atoms with Crippen molar-refractivity contribution in [3.8, 4) is 22.8 Å². The molecule has 2 aromatic heterocycles. The Balaban J connectivity index is 1.38. The number of amides is 2. The first-order valence-corrected chi connectivity index (χ1v) is 11.9. The number of hydrogen-bond acceptors (Lipinski definition) is 5. The zero-order valence-corrected chi connectivity index (χ0v) is 20.3. The van der Waals surface area contributed by atoms with Gasteiger partial charge in [0.2, 0.25) is 17.7 Å². The van der Waals surface area contributed by atoms with Gasteiger partial charge in [0, 0.05) is 41.9 Å². The molecule has 1 atom stereocenters. The fourth-order valence-corrected chi connectivity index (χ4v) is 3.85. The Labute approximate surface area is 214 Å². The van der Waals surface area contributed by atoms with E-state index < -0.39 is 11.9 Å². The van der Waals surface area contributed by atoms with Crippen LogP contribution in [0, 0.1) is 0 Å². The second-order valence-corrected chi connectivity index (χ2v) is 8.60. The molecule has 0 spiro atoms. The van der Waals surface area contributed by atoms with Gasteiger partial charge >= 0.3 is 0 Å². The standard InChI is InChI=1S/C27H26ClN5O3/c28-21-10-4-11-22(16-21)33-26(17-23(32-33)20-9-5-13-30-18-20)36-14-6-12-25(34)31-24(27(29)35)15-19-7-2-1-3-8-19/h1-5,7-11,13,16-18,24H,6,12,14-15H2,(H2,29,35)(H,31,34)/t24-/m0/s1. The van der Waals surface area contributed by atoms with Crippen molar-refractivity contribution in [2.45, 2.75) is 25.3 Å². The van der Waals surface area contributed by atoms with E-state index in [2.05, 4.69) is 15.4 Å². The van der Waals surface area contributed by atoms with Gasteiger partial charge in [-0.05, 0) is 42.3 Å². The highest BCUT2D eigenvalue weighted by Crippen LogP contribution is 2.27. The molecule has 36 heavy (non-hydrogen) atoms. The number of aromatic nitrogens is 3. The summed E-state index contributed by atoms with van der Waals surface area (Å²) in [5.41, 5.74) is 8.70. The van der Waals surface area contributed by atoms with Gasteiger partial charge < -0.3 is 15.8 Å². The lowest BCUT2D eigenvalue weighted by atomic mass is 10.1. The van der Waals surface area contributed by atoms with Gasteiger partial charge in [-0.1, -0.05) is 48.0 Å². The van der Waals surface area contributed by atoms with E-state index in [1.165, 1.54) is 0 Å². The molecule has 2 aromatic carbocycles. The molecule has 0 fully saturated rings. The highest BCUT2D eigenvalue weighted by molar-refractivity contribution is 6.30.